The van der Waals surface area contributed by atoms with Crippen molar-refractivity contribution < 1.29 is 0 Å². The van der Waals surface area contributed by atoms with Crippen LogP contribution < -0.4 is 5.73 Å². The minimum atomic E-state index is 0.108. The number of nitrogens with zero attached hydrogens (tertiary/aromatic N) is 1. The molecule has 0 heterocycles. The third kappa shape index (κ3) is 2.63. The Morgan fingerprint density at radius 3 is 2.38 bits per heavy atom. The summed E-state index contributed by atoms with van der Waals surface area (Å²) in [5.74, 6) is 0. The molecule has 2 heteroatoms. The standard InChI is InChI=1S/C14H22N2/c1-14(2,11-15)16(13-8-9-13)10-12-6-4-3-5-7-12/h3-7,13H,8-11,15H2,1-2H3. The molecule has 1 aromatic rings. The van der Waals surface area contributed by atoms with Gasteiger partial charge in [0.2, 0.25) is 0 Å². The second-order valence-electron chi connectivity index (χ2n) is 5.36. The zero-order valence-electron chi connectivity index (χ0n) is 10.3. The van der Waals surface area contributed by atoms with Gasteiger partial charge >= 0.3 is 0 Å². The lowest BCUT2D eigenvalue weighted by atomic mass is 10.0. The predicted octanol–water partition coefficient (Wildman–Crippen LogP) is 2.39. The van der Waals surface area contributed by atoms with Gasteiger partial charge in [-0.2, -0.15) is 0 Å². The molecule has 0 bridgehead atoms. The fraction of sp³-hybridized carbons (Fsp3) is 0.571. The molecule has 0 aliphatic heterocycles. The first-order valence-electron chi connectivity index (χ1n) is 6.14. The van der Waals surface area contributed by atoms with Gasteiger partial charge in [-0.1, -0.05) is 30.3 Å². The zero-order chi connectivity index (χ0) is 11.6. The molecular weight excluding hydrogens is 196 g/mol. The van der Waals surface area contributed by atoms with Gasteiger partial charge in [0.25, 0.3) is 0 Å². The number of hydrogen-bond donors (Lipinski definition) is 1. The summed E-state index contributed by atoms with van der Waals surface area (Å²) in [6.45, 7) is 6.23. The molecule has 2 rings (SSSR count). The lowest BCUT2D eigenvalue weighted by molar-refractivity contribution is 0.108. The molecule has 0 amide bonds. The van der Waals surface area contributed by atoms with E-state index in [0.717, 1.165) is 19.1 Å². The smallest absolute Gasteiger partial charge is 0.0281 e. The highest BCUT2D eigenvalue weighted by Crippen LogP contribution is 2.33. The molecule has 0 spiro atoms. The average molecular weight is 218 g/mol. The molecule has 88 valence electrons. The maximum atomic E-state index is 5.88. The van der Waals surface area contributed by atoms with Crippen LogP contribution in [0.3, 0.4) is 0 Å². The molecule has 1 fully saturated rings. The summed E-state index contributed by atoms with van der Waals surface area (Å²) in [6, 6.07) is 11.4. The van der Waals surface area contributed by atoms with Gasteiger partial charge in [-0.3, -0.25) is 4.90 Å². The van der Waals surface area contributed by atoms with E-state index in [1.54, 1.807) is 0 Å². The monoisotopic (exact) mass is 218 g/mol. The Kier molecular flexibility index (Phi) is 3.31. The molecule has 0 saturated heterocycles. The molecule has 0 radical (unpaired) electrons. The van der Waals surface area contributed by atoms with Gasteiger partial charge in [0, 0.05) is 24.7 Å². The highest BCUT2D eigenvalue weighted by atomic mass is 15.2. The fourth-order valence-corrected chi connectivity index (χ4v) is 2.12. The molecule has 0 unspecified atom stereocenters. The van der Waals surface area contributed by atoms with Crippen LogP contribution in [-0.2, 0) is 6.54 Å². The van der Waals surface area contributed by atoms with E-state index in [2.05, 4.69) is 49.1 Å². The van der Waals surface area contributed by atoms with E-state index in [1.807, 2.05) is 0 Å². The highest BCUT2D eigenvalue weighted by molar-refractivity contribution is 5.15. The summed E-state index contributed by atoms with van der Waals surface area (Å²) in [6.07, 6.45) is 2.66. The van der Waals surface area contributed by atoms with Crippen molar-refractivity contribution in [1.29, 1.82) is 0 Å². The quantitative estimate of drug-likeness (QED) is 0.822. The second-order valence-corrected chi connectivity index (χ2v) is 5.36. The molecule has 1 aromatic carbocycles. The van der Waals surface area contributed by atoms with Crippen LogP contribution in [0.25, 0.3) is 0 Å². The molecular formula is C14H22N2. The number of hydrogen-bond acceptors (Lipinski definition) is 2. The summed E-state index contributed by atoms with van der Waals surface area (Å²) in [7, 11) is 0. The third-order valence-corrected chi connectivity index (χ3v) is 3.46. The lowest BCUT2D eigenvalue weighted by Gasteiger charge is -2.38. The molecule has 1 saturated carbocycles. The van der Waals surface area contributed by atoms with Gasteiger partial charge in [-0.15, -0.1) is 0 Å². The van der Waals surface area contributed by atoms with Crippen LogP contribution in [0.4, 0.5) is 0 Å². The van der Waals surface area contributed by atoms with Crippen LogP contribution in [0.1, 0.15) is 32.3 Å². The third-order valence-electron chi connectivity index (χ3n) is 3.46. The van der Waals surface area contributed by atoms with Crippen molar-refractivity contribution in [3.05, 3.63) is 35.9 Å². The number of benzene rings is 1. The van der Waals surface area contributed by atoms with E-state index in [0.29, 0.717) is 0 Å². The summed E-state index contributed by atoms with van der Waals surface area (Å²) in [4.78, 5) is 2.56. The Bertz CT molecular complexity index is 328. The second kappa shape index (κ2) is 4.56. The number of rotatable bonds is 5. The van der Waals surface area contributed by atoms with Gasteiger partial charge in [0.05, 0.1) is 0 Å². The Hall–Kier alpha value is -0.860. The average Bonchev–Trinajstić information content (AvgIpc) is 3.11. The first-order chi connectivity index (χ1) is 7.63. The van der Waals surface area contributed by atoms with Crippen LogP contribution in [0.15, 0.2) is 30.3 Å². The maximum Gasteiger partial charge on any atom is 0.0281 e. The largest absolute Gasteiger partial charge is 0.329 e. The Morgan fingerprint density at radius 2 is 1.88 bits per heavy atom. The maximum absolute atomic E-state index is 5.88. The molecule has 0 atom stereocenters. The first-order valence-corrected chi connectivity index (χ1v) is 6.14. The molecule has 1 aliphatic rings. The zero-order valence-corrected chi connectivity index (χ0v) is 10.3. The summed E-state index contributed by atoms with van der Waals surface area (Å²) < 4.78 is 0. The SMILES string of the molecule is CC(C)(CN)N(Cc1ccccc1)C1CC1. The van der Waals surface area contributed by atoms with Crippen LogP contribution >= 0.6 is 0 Å². The van der Waals surface area contributed by atoms with Crippen molar-refractivity contribution in [2.75, 3.05) is 6.54 Å². The molecule has 2 nitrogen and oxygen atoms in total. The van der Waals surface area contributed by atoms with Crippen molar-refractivity contribution in [2.24, 2.45) is 5.73 Å². The van der Waals surface area contributed by atoms with Crippen LogP contribution in [0.5, 0.6) is 0 Å². The first kappa shape index (κ1) is 11.6. The lowest BCUT2D eigenvalue weighted by Crippen LogP contribution is -2.49. The number of nitrogens with two attached hydrogens (primary N) is 1. The normalized spacial score (nSPS) is 16.8. The van der Waals surface area contributed by atoms with E-state index in [1.165, 1.54) is 18.4 Å². The predicted molar refractivity (Wildman–Crippen MR) is 68.1 cm³/mol. The van der Waals surface area contributed by atoms with Crippen molar-refractivity contribution >= 4 is 0 Å². The Morgan fingerprint density at radius 1 is 1.25 bits per heavy atom. The van der Waals surface area contributed by atoms with Crippen LogP contribution in [0.2, 0.25) is 0 Å². The summed E-state index contributed by atoms with van der Waals surface area (Å²) in [5.41, 5.74) is 7.38. The van der Waals surface area contributed by atoms with Gasteiger partial charge in [-0.25, -0.2) is 0 Å². The van der Waals surface area contributed by atoms with Gasteiger partial charge in [0.15, 0.2) is 0 Å². The molecule has 16 heavy (non-hydrogen) atoms. The Balaban J connectivity index is 2.09. The highest BCUT2D eigenvalue weighted by Gasteiger charge is 2.37. The van der Waals surface area contributed by atoms with Crippen molar-refractivity contribution in [3.8, 4) is 0 Å². The van der Waals surface area contributed by atoms with E-state index in [4.69, 9.17) is 5.73 Å². The van der Waals surface area contributed by atoms with E-state index < -0.39 is 0 Å². The van der Waals surface area contributed by atoms with Crippen molar-refractivity contribution in [1.82, 2.24) is 4.90 Å². The fourth-order valence-electron chi connectivity index (χ4n) is 2.12. The van der Waals surface area contributed by atoms with Gasteiger partial charge in [0.1, 0.15) is 0 Å². The molecule has 1 aliphatic carbocycles. The molecule has 2 N–H and O–H groups in total. The van der Waals surface area contributed by atoms with E-state index >= 15 is 0 Å². The minimum absolute atomic E-state index is 0.108. The van der Waals surface area contributed by atoms with E-state index in [-0.39, 0.29) is 5.54 Å². The van der Waals surface area contributed by atoms with Crippen LogP contribution in [0, 0.1) is 0 Å². The molecule has 0 aromatic heterocycles. The van der Waals surface area contributed by atoms with Crippen molar-refractivity contribution in [3.63, 3.8) is 0 Å². The minimum Gasteiger partial charge on any atom is -0.329 e. The van der Waals surface area contributed by atoms with Crippen molar-refractivity contribution in [2.45, 2.75) is 44.8 Å². The van der Waals surface area contributed by atoms with Crippen LogP contribution in [-0.4, -0.2) is 23.0 Å². The Labute approximate surface area is 98.4 Å². The van der Waals surface area contributed by atoms with Gasteiger partial charge in [-0.05, 0) is 32.3 Å². The summed E-state index contributed by atoms with van der Waals surface area (Å²) >= 11 is 0. The van der Waals surface area contributed by atoms with E-state index in [9.17, 15) is 0 Å². The topological polar surface area (TPSA) is 29.3 Å². The van der Waals surface area contributed by atoms with Gasteiger partial charge < -0.3 is 5.73 Å². The summed E-state index contributed by atoms with van der Waals surface area (Å²) in [5, 5.41) is 0.